The highest BCUT2D eigenvalue weighted by molar-refractivity contribution is 7.19. The van der Waals surface area contributed by atoms with Crippen molar-refractivity contribution in [1.82, 2.24) is 34.8 Å². The van der Waals surface area contributed by atoms with Crippen molar-refractivity contribution in [2.45, 2.75) is 6.92 Å². The quantitative estimate of drug-likeness (QED) is 0.416. The summed E-state index contributed by atoms with van der Waals surface area (Å²) < 4.78 is 3.43. The van der Waals surface area contributed by atoms with Gasteiger partial charge in [-0.1, -0.05) is 51.9 Å². The summed E-state index contributed by atoms with van der Waals surface area (Å²) in [6.07, 6.45) is 0. The molecule has 10 heteroatoms. The highest BCUT2D eigenvalue weighted by atomic mass is 35.5. The SMILES string of the molecule is Cc1c(-c2nnc3sc(-c4ccc(Cl)cc4)nn23)nnn1-c1ccc(Cl)cc1. The number of nitrogens with zero attached hydrogens (tertiary/aromatic N) is 7. The fraction of sp³-hybridized carbons (Fsp3) is 0.0556. The predicted molar refractivity (Wildman–Crippen MR) is 109 cm³/mol. The van der Waals surface area contributed by atoms with Crippen LogP contribution in [0.25, 0.3) is 32.7 Å². The maximum absolute atomic E-state index is 5.97. The van der Waals surface area contributed by atoms with Gasteiger partial charge in [-0.25, -0.2) is 4.68 Å². The zero-order chi connectivity index (χ0) is 19.3. The Morgan fingerprint density at radius 2 is 1.54 bits per heavy atom. The maximum atomic E-state index is 5.97. The Morgan fingerprint density at radius 3 is 2.25 bits per heavy atom. The van der Waals surface area contributed by atoms with Gasteiger partial charge in [-0.15, -0.1) is 15.3 Å². The van der Waals surface area contributed by atoms with E-state index in [1.165, 1.54) is 11.3 Å². The molecule has 3 aromatic heterocycles. The lowest BCUT2D eigenvalue weighted by Gasteiger charge is -2.03. The summed E-state index contributed by atoms with van der Waals surface area (Å²) >= 11 is 13.4. The number of halogens is 2. The first-order valence-electron chi connectivity index (χ1n) is 8.27. The summed E-state index contributed by atoms with van der Waals surface area (Å²) in [6.45, 7) is 1.93. The number of fused-ring (bicyclic) bond motifs is 1. The maximum Gasteiger partial charge on any atom is 0.235 e. The Kier molecular flexibility index (Phi) is 4.12. The lowest BCUT2D eigenvalue weighted by Crippen LogP contribution is -1.99. The fourth-order valence-corrected chi connectivity index (χ4v) is 3.93. The molecular weight excluding hydrogens is 417 g/mol. The van der Waals surface area contributed by atoms with E-state index in [1.807, 2.05) is 55.5 Å². The van der Waals surface area contributed by atoms with Gasteiger partial charge in [-0.2, -0.15) is 9.61 Å². The third kappa shape index (κ3) is 2.86. The fourth-order valence-electron chi connectivity index (χ4n) is 2.84. The molecule has 5 aromatic rings. The molecule has 0 atom stereocenters. The second-order valence-corrected chi connectivity index (χ2v) is 7.87. The minimum Gasteiger partial charge on any atom is -0.217 e. The molecule has 2 aromatic carbocycles. The zero-order valence-corrected chi connectivity index (χ0v) is 16.7. The summed E-state index contributed by atoms with van der Waals surface area (Å²) in [4.78, 5) is 0.681. The van der Waals surface area contributed by atoms with E-state index in [0.717, 1.165) is 22.0 Å². The minimum absolute atomic E-state index is 0.546. The average Bonchev–Trinajstić information content (AvgIpc) is 3.38. The molecule has 0 saturated heterocycles. The molecule has 0 unspecified atom stereocenters. The Bertz CT molecular complexity index is 1290. The summed E-state index contributed by atoms with van der Waals surface area (Å²) in [5.74, 6) is 0.546. The van der Waals surface area contributed by atoms with E-state index >= 15 is 0 Å². The van der Waals surface area contributed by atoms with Crippen molar-refractivity contribution < 1.29 is 0 Å². The molecule has 0 bridgehead atoms. The van der Waals surface area contributed by atoms with Crippen LogP contribution in [0.5, 0.6) is 0 Å². The van der Waals surface area contributed by atoms with E-state index in [2.05, 4.69) is 25.6 Å². The van der Waals surface area contributed by atoms with Gasteiger partial charge in [0.25, 0.3) is 0 Å². The molecule has 0 fully saturated rings. The molecular formula is C18H11Cl2N7S. The van der Waals surface area contributed by atoms with Gasteiger partial charge in [0.2, 0.25) is 10.8 Å². The molecule has 0 saturated carbocycles. The van der Waals surface area contributed by atoms with Gasteiger partial charge in [0, 0.05) is 15.6 Å². The first kappa shape index (κ1) is 17.3. The number of aromatic nitrogens is 7. The third-order valence-electron chi connectivity index (χ3n) is 4.26. The van der Waals surface area contributed by atoms with Gasteiger partial charge in [0.05, 0.1) is 11.4 Å². The van der Waals surface area contributed by atoms with Crippen LogP contribution in [0, 0.1) is 6.92 Å². The van der Waals surface area contributed by atoms with E-state index in [4.69, 9.17) is 23.2 Å². The van der Waals surface area contributed by atoms with Crippen LogP contribution in [-0.2, 0) is 0 Å². The van der Waals surface area contributed by atoms with Gasteiger partial charge >= 0.3 is 0 Å². The Labute approximate surface area is 173 Å². The molecule has 3 heterocycles. The van der Waals surface area contributed by atoms with Crippen LogP contribution in [0.2, 0.25) is 10.0 Å². The molecule has 0 aliphatic carbocycles. The van der Waals surface area contributed by atoms with Crippen LogP contribution in [-0.4, -0.2) is 34.8 Å². The van der Waals surface area contributed by atoms with E-state index < -0.39 is 0 Å². The van der Waals surface area contributed by atoms with Crippen molar-refractivity contribution in [1.29, 1.82) is 0 Å². The molecule has 7 nitrogen and oxygen atoms in total. The normalized spacial score (nSPS) is 11.4. The first-order chi connectivity index (χ1) is 13.6. The number of benzene rings is 2. The van der Waals surface area contributed by atoms with E-state index in [9.17, 15) is 0 Å². The number of rotatable bonds is 3. The highest BCUT2D eigenvalue weighted by Crippen LogP contribution is 2.29. The Balaban J connectivity index is 1.58. The number of hydrogen-bond acceptors (Lipinski definition) is 6. The largest absolute Gasteiger partial charge is 0.235 e. The molecule has 0 amide bonds. The van der Waals surface area contributed by atoms with Crippen molar-refractivity contribution >= 4 is 39.5 Å². The second kappa shape index (κ2) is 6.66. The van der Waals surface area contributed by atoms with Gasteiger partial charge in [0.1, 0.15) is 5.01 Å². The molecule has 28 heavy (non-hydrogen) atoms. The van der Waals surface area contributed by atoms with Gasteiger partial charge in [-0.3, -0.25) is 0 Å². The van der Waals surface area contributed by atoms with Crippen molar-refractivity contribution in [2.24, 2.45) is 0 Å². The average molecular weight is 428 g/mol. The Hall–Kier alpha value is -2.81. The van der Waals surface area contributed by atoms with Crippen LogP contribution in [0.1, 0.15) is 5.69 Å². The van der Waals surface area contributed by atoms with Crippen molar-refractivity contribution in [3.8, 4) is 27.8 Å². The van der Waals surface area contributed by atoms with E-state index in [0.29, 0.717) is 26.5 Å². The minimum atomic E-state index is 0.546. The molecule has 0 radical (unpaired) electrons. The standard InChI is InChI=1S/C18H11Cl2N7S/c1-10-15(21-25-26(10)14-8-6-13(20)7-9-14)16-22-23-18-27(16)24-17(28-18)11-2-4-12(19)5-3-11/h2-9H,1H3. The summed E-state index contributed by atoms with van der Waals surface area (Å²) in [5.41, 5.74) is 3.28. The number of hydrogen-bond donors (Lipinski definition) is 0. The van der Waals surface area contributed by atoms with Crippen LogP contribution >= 0.6 is 34.5 Å². The molecule has 138 valence electrons. The lowest BCUT2D eigenvalue weighted by molar-refractivity contribution is 0.785. The smallest absolute Gasteiger partial charge is 0.217 e. The van der Waals surface area contributed by atoms with Gasteiger partial charge < -0.3 is 0 Å². The van der Waals surface area contributed by atoms with Gasteiger partial charge in [-0.05, 0) is 43.3 Å². The van der Waals surface area contributed by atoms with E-state index in [-0.39, 0.29) is 0 Å². The van der Waals surface area contributed by atoms with Crippen molar-refractivity contribution in [3.63, 3.8) is 0 Å². The van der Waals surface area contributed by atoms with E-state index in [1.54, 1.807) is 9.20 Å². The molecule has 0 N–H and O–H groups in total. The summed E-state index contributed by atoms with van der Waals surface area (Å²) in [6, 6.07) is 14.9. The third-order valence-corrected chi connectivity index (χ3v) is 5.71. The topological polar surface area (TPSA) is 73.8 Å². The van der Waals surface area contributed by atoms with Crippen molar-refractivity contribution in [2.75, 3.05) is 0 Å². The molecule has 0 aliphatic heterocycles. The molecule has 0 aliphatic rings. The zero-order valence-electron chi connectivity index (χ0n) is 14.4. The van der Waals surface area contributed by atoms with Crippen LogP contribution in [0.15, 0.2) is 48.5 Å². The lowest BCUT2D eigenvalue weighted by atomic mass is 10.2. The molecule has 5 rings (SSSR count). The molecule has 0 spiro atoms. The highest BCUT2D eigenvalue weighted by Gasteiger charge is 2.20. The monoisotopic (exact) mass is 427 g/mol. The van der Waals surface area contributed by atoms with Crippen LogP contribution < -0.4 is 0 Å². The van der Waals surface area contributed by atoms with Gasteiger partial charge in [0.15, 0.2) is 5.69 Å². The van der Waals surface area contributed by atoms with Crippen molar-refractivity contribution in [3.05, 3.63) is 64.3 Å². The second-order valence-electron chi connectivity index (χ2n) is 6.04. The predicted octanol–water partition coefficient (Wildman–Crippen LogP) is 4.72. The van der Waals surface area contributed by atoms with Crippen LogP contribution in [0.3, 0.4) is 0 Å². The first-order valence-corrected chi connectivity index (χ1v) is 9.84. The van der Waals surface area contributed by atoms with Crippen LogP contribution in [0.4, 0.5) is 0 Å². The summed E-state index contributed by atoms with van der Waals surface area (Å²) in [5, 5.41) is 23.9. The Morgan fingerprint density at radius 1 is 0.857 bits per heavy atom. The summed E-state index contributed by atoms with van der Waals surface area (Å²) in [7, 11) is 0.